The number of rotatable bonds is 3. The van der Waals surface area contributed by atoms with Crippen LogP contribution in [0.2, 0.25) is 0 Å². The molecule has 1 atom stereocenters. The maximum atomic E-state index is 11.7. The number of urea groups is 1. The molecule has 1 unspecified atom stereocenters. The average Bonchev–Trinajstić information content (AvgIpc) is 2.74. The highest BCUT2D eigenvalue weighted by molar-refractivity contribution is 7.14. The van der Waals surface area contributed by atoms with Crippen LogP contribution in [0.3, 0.4) is 0 Å². The summed E-state index contributed by atoms with van der Waals surface area (Å²) in [6.07, 6.45) is 0. The third-order valence-electron chi connectivity index (χ3n) is 2.22. The van der Waals surface area contributed by atoms with E-state index in [9.17, 15) is 9.59 Å². The van der Waals surface area contributed by atoms with Crippen LogP contribution < -0.4 is 16.1 Å². The lowest BCUT2D eigenvalue weighted by molar-refractivity contribution is 0.0711. The molecule has 106 valence electrons. The van der Waals surface area contributed by atoms with Crippen molar-refractivity contribution in [2.75, 3.05) is 0 Å². The topological polar surface area (TPSA) is 90.5 Å². The molecule has 0 aliphatic rings. The molecular formula is C12H19N3O3S. The third kappa shape index (κ3) is 4.88. The van der Waals surface area contributed by atoms with E-state index in [-0.39, 0.29) is 17.6 Å². The van der Waals surface area contributed by atoms with Crippen molar-refractivity contribution in [3.63, 3.8) is 0 Å². The third-order valence-corrected chi connectivity index (χ3v) is 3.48. The standard InChI is InChI=1S/C12H19N3O3S/c1-7(13-11(17)14-12(2,3)4)8-5-6-9(19-8)10(16)15-18/h5-7,18H,1-4H3,(H,15,16)(H2,13,14,17). The van der Waals surface area contributed by atoms with E-state index < -0.39 is 5.91 Å². The van der Waals surface area contributed by atoms with Crippen molar-refractivity contribution in [3.8, 4) is 0 Å². The molecular weight excluding hydrogens is 266 g/mol. The lowest BCUT2D eigenvalue weighted by Gasteiger charge is -2.22. The minimum Gasteiger partial charge on any atom is -0.334 e. The summed E-state index contributed by atoms with van der Waals surface area (Å²) in [6.45, 7) is 7.51. The second kappa shape index (κ2) is 6.03. The van der Waals surface area contributed by atoms with Gasteiger partial charge in [-0.25, -0.2) is 10.3 Å². The van der Waals surface area contributed by atoms with Crippen molar-refractivity contribution in [3.05, 3.63) is 21.9 Å². The minimum atomic E-state index is -0.553. The fraction of sp³-hybridized carbons (Fsp3) is 0.500. The summed E-state index contributed by atoms with van der Waals surface area (Å²) in [5.41, 5.74) is 1.27. The monoisotopic (exact) mass is 285 g/mol. The van der Waals surface area contributed by atoms with Crippen LogP contribution >= 0.6 is 11.3 Å². The lowest BCUT2D eigenvalue weighted by atomic mass is 10.1. The minimum absolute atomic E-state index is 0.215. The normalized spacial score (nSPS) is 12.7. The molecule has 3 amide bonds. The number of thiophene rings is 1. The molecule has 1 rings (SSSR count). The summed E-state index contributed by atoms with van der Waals surface area (Å²) in [5.74, 6) is -0.553. The molecule has 0 aliphatic heterocycles. The van der Waals surface area contributed by atoms with E-state index in [0.29, 0.717) is 4.88 Å². The molecule has 0 spiro atoms. The molecule has 19 heavy (non-hydrogen) atoms. The van der Waals surface area contributed by atoms with Gasteiger partial charge in [0, 0.05) is 10.4 Å². The van der Waals surface area contributed by atoms with Crippen molar-refractivity contribution in [2.24, 2.45) is 0 Å². The van der Waals surface area contributed by atoms with E-state index in [1.807, 2.05) is 27.7 Å². The summed E-state index contributed by atoms with van der Waals surface area (Å²) in [5, 5.41) is 14.1. The van der Waals surface area contributed by atoms with Crippen molar-refractivity contribution >= 4 is 23.3 Å². The Morgan fingerprint density at radius 3 is 2.47 bits per heavy atom. The summed E-state index contributed by atoms with van der Waals surface area (Å²) < 4.78 is 0. The zero-order chi connectivity index (χ0) is 14.6. The van der Waals surface area contributed by atoms with Gasteiger partial charge in [-0.05, 0) is 39.8 Å². The molecule has 0 bridgehead atoms. The van der Waals surface area contributed by atoms with Gasteiger partial charge in [-0.3, -0.25) is 10.0 Å². The Morgan fingerprint density at radius 1 is 1.32 bits per heavy atom. The number of nitrogens with one attached hydrogen (secondary N) is 3. The van der Waals surface area contributed by atoms with Crippen molar-refractivity contribution < 1.29 is 14.8 Å². The van der Waals surface area contributed by atoms with Gasteiger partial charge in [-0.2, -0.15) is 0 Å². The van der Waals surface area contributed by atoms with Crippen LogP contribution in [0.1, 0.15) is 48.3 Å². The van der Waals surface area contributed by atoms with Crippen LogP contribution in [0.5, 0.6) is 0 Å². The Bertz CT molecular complexity index is 465. The second-order valence-corrected chi connectivity index (χ2v) is 6.33. The fourth-order valence-electron chi connectivity index (χ4n) is 1.41. The molecule has 0 fully saturated rings. The maximum Gasteiger partial charge on any atom is 0.315 e. The van der Waals surface area contributed by atoms with Gasteiger partial charge in [0.25, 0.3) is 5.91 Å². The van der Waals surface area contributed by atoms with Crippen LogP contribution in [-0.4, -0.2) is 22.7 Å². The molecule has 0 radical (unpaired) electrons. The van der Waals surface area contributed by atoms with Gasteiger partial charge in [0.1, 0.15) is 0 Å². The number of hydroxylamine groups is 1. The Hall–Kier alpha value is -1.60. The van der Waals surface area contributed by atoms with Crippen molar-refractivity contribution in [1.29, 1.82) is 0 Å². The lowest BCUT2D eigenvalue weighted by Crippen LogP contribution is -2.46. The van der Waals surface area contributed by atoms with Gasteiger partial charge in [0.15, 0.2) is 0 Å². The van der Waals surface area contributed by atoms with Crippen molar-refractivity contribution in [1.82, 2.24) is 16.1 Å². The number of hydrogen-bond donors (Lipinski definition) is 4. The molecule has 0 aromatic carbocycles. The van der Waals surface area contributed by atoms with E-state index in [2.05, 4.69) is 10.6 Å². The molecule has 6 nitrogen and oxygen atoms in total. The Labute approximate surface area is 116 Å². The van der Waals surface area contributed by atoms with Crippen LogP contribution in [-0.2, 0) is 0 Å². The first-order valence-corrected chi connectivity index (χ1v) is 6.67. The Morgan fingerprint density at radius 2 is 1.95 bits per heavy atom. The molecule has 0 saturated carbocycles. The number of amides is 3. The molecule has 1 heterocycles. The van der Waals surface area contributed by atoms with Crippen molar-refractivity contribution in [2.45, 2.75) is 39.3 Å². The number of hydrogen-bond acceptors (Lipinski definition) is 4. The van der Waals surface area contributed by atoms with E-state index in [0.717, 1.165) is 4.88 Å². The Balaban J connectivity index is 2.63. The first kappa shape index (κ1) is 15.5. The maximum absolute atomic E-state index is 11.7. The summed E-state index contributed by atoms with van der Waals surface area (Å²) in [6, 6.07) is 2.87. The predicted octanol–water partition coefficient (Wildman–Crippen LogP) is 2.03. The van der Waals surface area contributed by atoms with Gasteiger partial charge in [-0.15, -0.1) is 11.3 Å². The van der Waals surface area contributed by atoms with E-state index in [1.54, 1.807) is 17.6 Å². The van der Waals surface area contributed by atoms with Gasteiger partial charge < -0.3 is 10.6 Å². The van der Waals surface area contributed by atoms with Crippen LogP contribution in [0.15, 0.2) is 12.1 Å². The summed E-state index contributed by atoms with van der Waals surface area (Å²) in [4.78, 5) is 24.1. The number of carbonyl (C=O) groups is 2. The first-order valence-electron chi connectivity index (χ1n) is 5.86. The van der Waals surface area contributed by atoms with Crippen LogP contribution in [0.4, 0.5) is 4.79 Å². The van der Waals surface area contributed by atoms with E-state index >= 15 is 0 Å². The summed E-state index contributed by atoms with van der Waals surface area (Å²) >= 11 is 1.22. The number of carbonyl (C=O) groups excluding carboxylic acids is 2. The highest BCUT2D eigenvalue weighted by atomic mass is 32.1. The first-order chi connectivity index (χ1) is 8.73. The molecule has 7 heteroatoms. The van der Waals surface area contributed by atoms with Gasteiger partial charge in [-0.1, -0.05) is 0 Å². The van der Waals surface area contributed by atoms with Crippen LogP contribution in [0.25, 0.3) is 0 Å². The Kier molecular flexibility index (Phi) is 4.90. The zero-order valence-electron chi connectivity index (χ0n) is 11.4. The van der Waals surface area contributed by atoms with Crippen LogP contribution in [0, 0.1) is 0 Å². The molecule has 0 aliphatic carbocycles. The largest absolute Gasteiger partial charge is 0.334 e. The molecule has 4 N–H and O–H groups in total. The highest BCUT2D eigenvalue weighted by Gasteiger charge is 2.17. The highest BCUT2D eigenvalue weighted by Crippen LogP contribution is 2.23. The fourth-order valence-corrected chi connectivity index (χ4v) is 2.31. The summed E-state index contributed by atoms with van der Waals surface area (Å²) in [7, 11) is 0. The van der Waals surface area contributed by atoms with Gasteiger partial charge >= 0.3 is 6.03 Å². The van der Waals surface area contributed by atoms with Gasteiger partial charge in [0.05, 0.1) is 10.9 Å². The molecule has 1 aromatic rings. The van der Waals surface area contributed by atoms with Gasteiger partial charge in [0.2, 0.25) is 0 Å². The molecule has 0 saturated heterocycles. The smallest absolute Gasteiger partial charge is 0.315 e. The SMILES string of the molecule is CC(NC(=O)NC(C)(C)C)c1ccc(C(=O)NO)s1. The average molecular weight is 285 g/mol. The molecule has 1 aromatic heterocycles. The second-order valence-electron chi connectivity index (χ2n) is 5.21. The van der Waals surface area contributed by atoms with E-state index in [4.69, 9.17) is 5.21 Å². The van der Waals surface area contributed by atoms with E-state index in [1.165, 1.54) is 11.3 Å². The quantitative estimate of drug-likeness (QED) is 0.506. The zero-order valence-corrected chi connectivity index (χ0v) is 12.2. The predicted molar refractivity (Wildman–Crippen MR) is 73.4 cm³/mol.